The van der Waals surface area contributed by atoms with Gasteiger partial charge in [0.2, 0.25) is 0 Å². The van der Waals surface area contributed by atoms with E-state index in [1.165, 1.54) is 15.8 Å². The van der Waals surface area contributed by atoms with Crippen LogP contribution < -0.4 is 10.5 Å². The van der Waals surface area contributed by atoms with Crippen molar-refractivity contribution < 1.29 is 4.74 Å². The molecule has 0 unspecified atom stereocenters. The molecular weight excluding hydrogens is 410 g/mol. The highest BCUT2D eigenvalue weighted by molar-refractivity contribution is 7.71. The van der Waals surface area contributed by atoms with Crippen LogP contribution in [0.5, 0.6) is 5.75 Å². The summed E-state index contributed by atoms with van der Waals surface area (Å²) in [5, 5.41) is 0.974. The Morgan fingerprint density at radius 3 is 2.53 bits per heavy atom. The van der Waals surface area contributed by atoms with Crippen LogP contribution in [0, 0.1) is 4.64 Å². The molecule has 5 rings (SSSR count). The van der Waals surface area contributed by atoms with Gasteiger partial charge in [-0.2, -0.15) is 0 Å². The van der Waals surface area contributed by atoms with E-state index in [0.717, 1.165) is 57.8 Å². The van der Waals surface area contributed by atoms with Crippen LogP contribution in [0.1, 0.15) is 30.9 Å². The Labute approximate surface area is 185 Å². The van der Waals surface area contributed by atoms with Crippen LogP contribution in [0.2, 0.25) is 0 Å². The highest BCUT2D eigenvalue weighted by Crippen LogP contribution is 2.41. The molecule has 0 saturated heterocycles. The number of para-hydroxylation sites is 1. The third kappa shape index (κ3) is 3.20. The van der Waals surface area contributed by atoms with Gasteiger partial charge in [0.1, 0.15) is 21.2 Å². The molecule has 0 spiro atoms. The number of thiazole rings is 1. The first-order valence-corrected chi connectivity index (χ1v) is 11.5. The minimum atomic E-state index is 0.640. The molecule has 2 N–H and O–H groups in total. The molecule has 4 nitrogen and oxygen atoms in total. The van der Waals surface area contributed by atoms with Gasteiger partial charge in [-0.1, -0.05) is 24.4 Å². The molecule has 0 saturated carbocycles. The zero-order chi connectivity index (χ0) is 20.7. The van der Waals surface area contributed by atoms with Gasteiger partial charge in [0.05, 0.1) is 22.4 Å². The minimum Gasteiger partial charge on any atom is -0.494 e. The number of nitrogen functional groups attached to an aromatic ring is 1. The Morgan fingerprint density at radius 1 is 1.07 bits per heavy atom. The molecule has 0 fully saturated rings. The fourth-order valence-electron chi connectivity index (χ4n) is 4.26. The van der Waals surface area contributed by atoms with Gasteiger partial charge < -0.3 is 10.5 Å². The second-order valence-corrected chi connectivity index (χ2v) is 8.90. The van der Waals surface area contributed by atoms with Gasteiger partial charge in [0, 0.05) is 5.69 Å². The molecular formula is C24H23N3OS2. The van der Waals surface area contributed by atoms with Crippen molar-refractivity contribution in [1.82, 2.24) is 9.55 Å². The molecule has 0 radical (unpaired) electrons. The molecule has 0 aliphatic heterocycles. The average molecular weight is 434 g/mol. The molecule has 0 atom stereocenters. The molecule has 2 aromatic carbocycles. The van der Waals surface area contributed by atoms with E-state index >= 15 is 0 Å². The van der Waals surface area contributed by atoms with E-state index in [9.17, 15) is 0 Å². The maximum Gasteiger partial charge on any atom is 0.128 e. The number of pyridine rings is 1. The maximum absolute atomic E-state index is 6.82. The zero-order valence-corrected chi connectivity index (χ0v) is 18.5. The fourth-order valence-corrected chi connectivity index (χ4v) is 5.74. The number of anilines is 1. The van der Waals surface area contributed by atoms with Gasteiger partial charge in [0.15, 0.2) is 0 Å². The molecule has 0 bridgehead atoms. The van der Waals surface area contributed by atoms with Crippen molar-refractivity contribution in [3.8, 4) is 22.0 Å². The van der Waals surface area contributed by atoms with Crippen LogP contribution in [0.4, 0.5) is 5.82 Å². The molecule has 1 aliphatic rings. The Hall–Kier alpha value is -2.70. The second-order valence-electron chi connectivity index (χ2n) is 7.48. The van der Waals surface area contributed by atoms with Crippen molar-refractivity contribution in [1.29, 1.82) is 0 Å². The first-order valence-electron chi connectivity index (χ1n) is 10.3. The Bertz CT molecular complexity index is 1260. The normalized spacial score (nSPS) is 13.4. The second kappa shape index (κ2) is 7.85. The molecule has 2 aromatic heterocycles. The summed E-state index contributed by atoms with van der Waals surface area (Å²) in [7, 11) is 0. The summed E-state index contributed by atoms with van der Waals surface area (Å²) in [5.74, 6) is 1.51. The Balaban J connectivity index is 1.76. The van der Waals surface area contributed by atoms with E-state index in [0.29, 0.717) is 12.4 Å². The molecule has 6 heteroatoms. The van der Waals surface area contributed by atoms with Gasteiger partial charge in [-0.05, 0) is 80.1 Å². The monoisotopic (exact) mass is 433 g/mol. The molecule has 2 heterocycles. The number of fused-ring (bicyclic) bond motifs is 2. The van der Waals surface area contributed by atoms with E-state index in [-0.39, 0.29) is 0 Å². The van der Waals surface area contributed by atoms with Gasteiger partial charge in [0.25, 0.3) is 0 Å². The van der Waals surface area contributed by atoms with Crippen molar-refractivity contribution in [2.45, 2.75) is 32.6 Å². The van der Waals surface area contributed by atoms with Crippen molar-refractivity contribution >= 4 is 39.6 Å². The number of benzene rings is 2. The van der Waals surface area contributed by atoms with Crippen LogP contribution in [0.25, 0.3) is 26.5 Å². The van der Waals surface area contributed by atoms with E-state index in [4.69, 9.17) is 27.7 Å². The smallest absolute Gasteiger partial charge is 0.128 e. The standard InChI is InChI=1S/C24H23N3OS2/c1-2-28-16-13-11-15(12-14-16)27-22(25)21(17-7-3-4-8-18(17)24(27)29)23-26-19-9-5-6-10-20(19)30-23/h5-6,9-14H,2-4,7-8,25H2,1H3. The van der Waals surface area contributed by atoms with E-state index in [1.54, 1.807) is 11.3 Å². The summed E-state index contributed by atoms with van der Waals surface area (Å²) < 4.78 is 9.60. The largest absolute Gasteiger partial charge is 0.494 e. The highest BCUT2D eigenvalue weighted by Gasteiger charge is 2.24. The SMILES string of the molecule is CCOc1ccc(-n2c(N)c(-c3nc4ccccc4s3)c3c(c2=S)CCCC3)cc1. The fraction of sp³-hybridized carbons (Fsp3) is 0.250. The van der Waals surface area contributed by atoms with E-state index in [1.807, 2.05) is 41.8 Å². The first-order chi connectivity index (χ1) is 14.7. The Morgan fingerprint density at radius 2 is 1.80 bits per heavy atom. The lowest BCUT2D eigenvalue weighted by molar-refractivity contribution is 0.340. The Kier molecular flexibility index (Phi) is 5.05. The van der Waals surface area contributed by atoms with Gasteiger partial charge in [-0.3, -0.25) is 4.57 Å². The van der Waals surface area contributed by atoms with Crippen molar-refractivity contribution in [2.75, 3.05) is 12.3 Å². The quantitative estimate of drug-likeness (QED) is 0.381. The maximum atomic E-state index is 6.82. The van der Waals surface area contributed by atoms with Crippen LogP contribution in [-0.2, 0) is 12.8 Å². The summed E-state index contributed by atoms with van der Waals surface area (Å²) in [5.41, 5.74) is 12.4. The van der Waals surface area contributed by atoms with Crippen LogP contribution in [-0.4, -0.2) is 16.2 Å². The molecule has 30 heavy (non-hydrogen) atoms. The van der Waals surface area contributed by atoms with E-state index in [2.05, 4.69) is 18.2 Å². The molecule has 0 amide bonds. The summed E-state index contributed by atoms with van der Waals surface area (Å²) in [4.78, 5) is 4.93. The number of rotatable bonds is 4. The van der Waals surface area contributed by atoms with Gasteiger partial charge in [-0.25, -0.2) is 4.98 Å². The lowest BCUT2D eigenvalue weighted by Gasteiger charge is -2.24. The predicted molar refractivity (Wildman–Crippen MR) is 127 cm³/mol. The number of hydrogen-bond donors (Lipinski definition) is 1. The first kappa shape index (κ1) is 19.3. The topological polar surface area (TPSA) is 53.1 Å². The number of ether oxygens (including phenoxy) is 1. The number of hydrogen-bond acceptors (Lipinski definition) is 5. The van der Waals surface area contributed by atoms with Crippen molar-refractivity contribution in [3.05, 3.63) is 64.3 Å². The lowest BCUT2D eigenvalue weighted by atomic mass is 9.89. The minimum absolute atomic E-state index is 0.640. The van der Waals surface area contributed by atoms with Crippen LogP contribution >= 0.6 is 23.6 Å². The predicted octanol–water partition coefficient (Wildman–Crippen LogP) is 6.34. The van der Waals surface area contributed by atoms with E-state index < -0.39 is 0 Å². The molecule has 1 aliphatic carbocycles. The summed E-state index contributed by atoms with van der Waals surface area (Å²) >= 11 is 7.64. The molecule has 4 aromatic rings. The van der Waals surface area contributed by atoms with Crippen LogP contribution in [0.3, 0.4) is 0 Å². The molecule has 152 valence electrons. The number of aromatic nitrogens is 2. The third-order valence-electron chi connectivity index (χ3n) is 5.64. The summed E-state index contributed by atoms with van der Waals surface area (Å²) in [6.07, 6.45) is 4.30. The zero-order valence-electron chi connectivity index (χ0n) is 16.9. The third-order valence-corrected chi connectivity index (χ3v) is 7.12. The van der Waals surface area contributed by atoms with Gasteiger partial charge in [-0.15, -0.1) is 11.3 Å². The highest BCUT2D eigenvalue weighted by atomic mass is 32.1. The van der Waals surface area contributed by atoms with Gasteiger partial charge >= 0.3 is 0 Å². The number of nitrogens with two attached hydrogens (primary N) is 1. The average Bonchev–Trinajstić information content (AvgIpc) is 3.19. The lowest BCUT2D eigenvalue weighted by Crippen LogP contribution is -2.15. The van der Waals surface area contributed by atoms with Crippen LogP contribution in [0.15, 0.2) is 48.5 Å². The summed E-state index contributed by atoms with van der Waals surface area (Å²) in [6.45, 7) is 2.62. The number of nitrogens with zero attached hydrogens (tertiary/aromatic N) is 2. The van der Waals surface area contributed by atoms with Crippen molar-refractivity contribution in [3.63, 3.8) is 0 Å². The summed E-state index contributed by atoms with van der Waals surface area (Å²) in [6, 6.07) is 16.2. The van der Waals surface area contributed by atoms with Crippen molar-refractivity contribution in [2.24, 2.45) is 0 Å².